The summed E-state index contributed by atoms with van der Waals surface area (Å²) in [6, 6.07) is 13.7. The molecular weight excluding hydrogens is 424 g/mol. The monoisotopic (exact) mass is 450 g/mol. The topological polar surface area (TPSA) is 66.9 Å². The van der Waals surface area contributed by atoms with Crippen LogP contribution in [0, 0.1) is 0 Å². The molecule has 0 atom stereocenters. The van der Waals surface area contributed by atoms with Crippen LogP contribution in [0.2, 0.25) is 5.02 Å². The number of piperidine rings is 1. The molecule has 0 saturated carbocycles. The third kappa shape index (κ3) is 5.97. The molecule has 30 heavy (non-hydrogen) atoms. The van der Waals surface area contributed by atoms with Crippen molar-refractivity contribution in [1.29, 1.82) is 0 Å². The summed E-state index contributed by atoms with van der Waals surface area (Å²) >= 11 is 5.84. The maximum atomic E-state index is 12.7. The highest BCUT2D eigenvalue weighted by Crippen LogP contribution is 2.21. The minimum absolute atomic E-state index is 0.0543. The number of carbonyl (C=O) groups excluding carboxylic acids is 1. The number of hydrogen-bond acceptors (Lipinski definition) is 4. The van der Waals surface area contributed by atoms with Crippen LogP contribution in [0.15, 0.2) is 53.4 Å². The molecule has 1 saturated heterocycles. The predicted octanol–water partition coefficient (Wildman–Crippen LogP) is 3.59. The van der Waals surface area contributed by atoms with Gasteiger partial charge in [0.05, 0.1) is 17.9 Å². The Bertz CT molecular complexity index is 940. The van der Waals surface area contributed by atoms with Gasteiger partial charge in [-0.05, 0) is 54.8 Å². The van der Waals surface area contributed by atoms with E-state index in [-0.39, 0.29) is 17.2 Å². The van der Waals surface area contributed by atoms with Gasteiger partial charge in [0.15, 0.2) is 0 Å². The lowest BCUT2D eigenvalue weighted by molar-refractivity contribution is -0.129. The van der Waals surface area contributed by atoms with Crippen molar-refractivity contribution in [3.8, 4) is 5.75 Å². The van der Waals surface area contributed by atoms with Gasteiger partial charge in [-0.15, -0.1) is 0 Å². The van der Waals surface area contributed by atoms with Crippen molar-refractivity contribution in [2.24, 2.45) is 0 Å². The van der Waals surface area contributed by atoms with Crippen molar-refractivity contribution in [2.75, 3.05) is 33.3 Å². The van der Waals surface area contributed by atoms with E-state index in [0.29, 0.717) is 37.0 Å². The van der Waals surface area contributed by atoms with E-state index in [9.17, 15) is 13.2 Å². The van der Waals surface area contributed by atoms with E-state index in [1.807, 2.05) is 0 Å². The molecule has 1 aliphatic rings. The summed E-state index contributed by atoms with van der Waals surface area (Å²) in [4.78, 5) is 14.3. The van der Waals surface area contributed by atoms with E-state index < -0.39 is 10.0 Å². The molecule has 0 radical (unpaired) electrons. The lowest BCUT2D eigenvalue weighted by Crippen LogP contribution is -2.35. The Kier molecular flexibility index (Phi) is 7.75. The van der Waals surface area contributed by atoms with Crippen molar-refractivity contribution in [3.63, 3.8) is 0 Å². The van der Waals surface area contributed by atoms with Crippen LogP contribution in [-0.4, -0.2) is 56.8 Å². The summed E-state index contributed by atoms with van der Waals surface area (Å²) in [6.07, 6.45) is 3.09. The van der Waals surface area contributed by atoms with Gasteiger partial charge in [0.25, 0.3) is 0 Å². The van der Waals surface area contributed by atoms with Crippen molar-refractivity contribution < 1.29 is 17.9 Å². The molecule has 0 spiro atoms. The van der Waals surface area contributed by atoms with Gasteiger partial charge >= 0.3 is 0 Å². The molecule has 8 heteroatoms. The Hall–Kier alpha value is -2.09. The smallest absolute Gasteiger partial charge is 0.243 e. The average molecular weight is 451 g/mol. The van der Waals surface area contributed by atoms with Gasteiger partial charge in [0.1, 0.15) is 12.4 Å². The second-order valence-electron chi connectivity index (χ2n) is 7.40. The number of ether oxygens (including phenoxy) is 1. The molecule has 162 valence electrons. The van der Waals surface area contributed by atoms with Gasteiger partial charge in [-0.1, -0.05) is 30.2 Å². The molecule has 2 aromatic carbocycles. The standard InChI is InChI=1S/C22H27ClN2O4S/c1-24(15-16-29-20-9-7-19(23)8-10-20)22(26)17-18-5-11-21(12-6-18)30(27,28)25-13-3-2-4-14-25/h5-12H,2-4,13-17H2,1H3. The van der Waals surface area contributed by atoms with Crippen molar-refractivity contribution in [1.82, 2.24) is 9.21 Å². The van der Waals surface area contributed by atoms with E-state index in [1.54, 1.807) is 64.8 Å². The zero-order chi connectivity index (χ0) is 21.6. The Morgan fingerprint density at radius 3 is 2.30 bits per heavy atom. The fraction of sp³-hybridized carbons (Fsp3) is 0.409. The molecule has 6 nitrogen and oxygen atoms in total. The van der Waals surface area contributed by atoms with Crippen LogP contribution in [0.3, 0.4) is 0 Å². The normalized spacial score (nSPS) is 15.0. The number of benzene rings is 2. The molecule has 0 unspecified atom stereocenters. The summed E-state index contributed by atoms with van der Waals surface area (Å²) in [7, 11) is -1.73. The molecule has 1 amide bonds. The minimum atomic E-state index is -3.45. The number of hydrogen-bond donors (Lipinski definition) is 0. The fourth-order valence-corrected chi connectivity index (χ4v) is 4.94. The van der Waals surface area contributed by atoms with Crippen LogP contribution in [0.4, 0.5) is 0 Å². The first-order valence-corrected chi connectivity index (χ1v) is 11.9. The number of amides is 1. The summed E-state index contributed by atoms with van der Waals surface area (Å²) < 4.78 is 32.6. The Balaban J connectivity index is 1.50. The molecule has 0 aromatic heterocycles. The first kappa shape index (κ1) is 22.6. The van der Waals surface area contributed by atoms with Gasteiger partial charge in [-0.25, -0.2) is 8.42 Å². The number of carbonyl (C=O) groups is 1. The van der Waals surface area contributed by atoms with Gasteiger partial charge in [-0.3, -0.25) is 4.79 Å². The zero-order valence-electron chi connectivity index (χ0n) is 17.1. The molecule has 3 rings (SSSR count). The maximum Gasteiger partial charge on any atom is 0.243 e. The average Bonchev–Trinajstić information content (AvgIpc) is 2.76. The molecule has 2 aromatic rings. The van der Waals surface area contributed by atoms with Crippen LogP contribution in [-0.2, 0) is 21.2 Å². The molecule has 1 heterocycles. The Labute approximate surface area is 183 Å². The number of halogens is 1. The lowest BCUT2D eigenvalue weighted by Gasteiger charge is -2.25. The van der Waals surface area contributed by atoms with Crippen molar-refractivity contribution >= 4 is 27.5 Å². The largest absolute Gasteiger partial charge is 0.492 e. The molecule has 0 aliphatic carbocycles. The van der Waals surface area contributed by atoms with Gasteiger partial charge in [-0.2, -0.15) is 4.31 Å². The number of likely N-dealkylation sites (N-methyl/N-ethyl adjacent to an activating group) is 1. The van der Waals surface area contributed by atoms with Gasteiger partial charge < -0.3 is 9.64 Å². The summed E-state index contributed by atoms with van der Waals surface area (Å²) in [5.74, 6) is 0.645. The highest BCUT2D eigenvalue weighted by atomic mass is 35.5. The molecule has 0 bridgehead atoms. The summed E-state index contributed by atoms with van der Waals surface area (Å²) in [5, 5.41) is 0.643. The third-order valence-electron chi connectivity index (χ3n) is 5.17. The molecule has 0 N–H and O–H groups in total. The lowest BCUT2D eigenvalue weighted by atomic mass is 10.1. The molecular formula is C22H27ClN2O4S. The summed E-state index contributed by atoms with van der Waals surface area (Å²) in [6.45, 7) is 1.97. The number of rotatable bonds is 8. The van der Waals surface area contributed by atoms with Gasteiger partial charge in [0.2, 0.25) is 15.9 Å². The quantitative estimate of drug-likeness (QED) is 0.616. The van der Waals surface area contributed by atoms with Crippen molar-refractivity contribution in [2.45, 2.75) is 30.6 Å². The Morgan fingerprint density at radius 1 is 1.03 bits per heavy atom. The zero-order valence-corrected chi connectivity index (χ0v) is 18.7. The first-order chi connectivity index (χ1) is 14.4. The second-order valence-corrected chi connectivity index (χ2v) is 9.78. The number of sulfonamides is 1. The first-order valence-electron chi connectivity index (χ1n) is 10.1. The van der Waals surface area contributed by atoms with Crippen LogP contribution in [0.1, 0.15) is 24.8 Å². The van der Waals surface area contributed by atoms with E-state index in [0.717, 1.165) is 24.8 Å². The molecule has 1 aliphatic heterocycles. The van der Waals surface area contributed by atoms with E-state index >= 15 is 0 Å². The highest BCUT2D eigenvalue weighted by molar-refractivity contribution is 7.89. The highest BCUT2D eigenvalue weighted by Gasteiger charge is 2.25. The SMILES string of the molecule is CN(CCOc1ccc(Cl)cc1)C(=O)Cc1ccc(S(=O)(=O)N2CCCCC2)cc1. The second kappa shape index (κ2) is 10.3. The van der Waals surface area contributed by atoms with Crippen molar-refractivity contribution in [3.05, 3.63) is 59.1 Å². The van der Waals surface area contributed by atoms with Crippen LogP contribution in [0.25, 0.3) is 0 Å². The van der Waals surface area contributed by atoms with E-state index in [1.165, 1.54) is 0 Å². The molecule has 1 fully saturated rings. The van der Waals surface area contributed by atoms with E-state index in [2.05, 4.69) is 0 Å². The van der Waals surface area contributed by atoms with E-state index in [4.69, 9.17) is 16.3 Å². The van der Waals surface area contributed by atoms with Crippen LogP contribution < -0.4 is 4.74 Å². The number of nitrogens with zero attached hydrogens (tertiary/aromatic N) is 2. The fourth-order valence-electron chi connectivity index (χ4n) is 3.30. The maximum absolute atomic E-state index is 12.7. The Morgan fingerprint density at radius 2 is 1.67 bits per heavy atom. The summed E-state index contributed by atoms with van der Waals surface area (Å²) in [5.41, 5.74) is 0.781. The van der Waals surface area contributed by atoms with Crippen LogP contribution >= 0.6 is 11.6 Å². The predicted molar refractivity (Wildman–Crippen MR) is 117 cm³/mol. The third-order valence-corrected chi connectivity index (χ3v) is 7.33. The van der Waals surface area contributed by atoms with Gasteiger partial charge in [0, 0.05) is 25.2 Å². The minimum Gasteiger partial charge on any atom is -0.492 e. The van der Waals surface area contributed by atoms with Crippen LogP contribution in [0.5, 0.6) is 5.75 Å².